The van der Waals surface area contributed by atoms with Gasteiger partial charge in [0.15, 0.2) is 6.10 Å². The highest BCUT2D eigenvalue weighted by Crippen LogP contribution is 2.24. The first-order valence-electron chi connectivity index (χ1n) is 9.70. The van der Waals surface area contributed by atoms with E-state index in [9.17, 15) is 9.18 Å². The number of hydrogen-bond acceptors (Lipinski definition) is 3. The van der Waals surface area contributed by atoms with Crippen molar-refractivity contribution in [1.82, 2.24) is 4.90 Å². The molecule has 0 radical (unpaired) electrons. The van der Waals surface area contributed by atoms with E-state index in [2.05, 4.69) is 5.16 Å². The number of benzene rings is 2. The predicted molar refractivity (Wildman–Crippen MR) is 113 cm³/mol. The van der Waals surface area contributed by atoms with E-state index in [1.54, 1.807) is 17.0 Å². The third kappa shape index (κ3) is 6.29. The molecule has 0 aromatic heterocycles. The van der Waals surface area contributed by atoms with Crippen molar-refractivity contribution in [2.45, 2.75) is 46.3 Å². The summed E-state index contributed by atoms with van der Waals surface area (Å²) in [6.07, 6.45) is 0.820. The largest absolute Gasteiger partial charge is 0.390 e. The highest BCUT2D eigenvalue weighted by Gasteiger charge is 2.28. The second-order valence-corrected chi connectivity index (χ2v) is 9.05. The molecule has 4 nitrogen and oxygen atoms in total. The quantitative estimate of drug-likeness (QED) is 0.629. The molecule has 1 amide bonds. The molecule has 1 heterocycles. The Bertz CT molecular complexity index is 873. The molecule has 6 heteroatoms. The summed E-state index contributed by atoms with van der Waals surface area (Å²) in [5.41, 5.74) is 2.56. The van der Waals surface area contributed by atoms with Gasteiger partial charge in [-0.2, -0.15) is 0 Å². The van der Waals surface area contributed by atoms with Gasteiger partial charge in [0, 0.05) is 24.4 Å². The summed E-state index contributed by atoms with van der Waals surface area (Å²) in [4.78, 5) is 20.4. The highest BCUT2D eigenvalue weighted by atomic mass is 35.5. The number of carbonyl (C=O) groups excluding carboxylic acids is 1. The average Bonchev–Trinajstić information content (AvgIpc) is 3.11. The minimum atomic E-state index is -0.290. The van der Waals surface area contributed by atoms with Gasteiger partial charge < -0.3 is 9.74 Å². The third-order valence-corrected chi connectivity index (χ3v) is 4.91. The van der Waals surface area contributed by atoms with E-state index >= 15 is 0 Å². The Balaban J connectivity index is 1.68. The van der Waals surface area contributed by atoms with Gasteiger partial charge in [0.25, 0.3) is 0 Å². The lowest BCUT2D eigenvalue weighted by Gasteiger charge is -2.28. The predicted octanol–water partition coefficient (Wildman–Crippen LogP) is 5.44. The maximum Gasteiger partial charge on any atom is 0.223 e. The van der Waals surface area contributed by atoms with Crippen molar-refractivity contribution < 1.29 is 14.0 Å². The van der Waals surface area contributed by atoms with Crippen LogP contribution in [-0.4, -0.2) is 29.2 Å². The van der Waals surface area contributed by atoms with E-state index < -0.39 is 0 Å². The molecule has 2 aromatic rings. The van der Waals surface area contributed by atoms with Gasteiger partial charge in [-0.1, -0.05) is 61.8 Å². The number of rotatable bonds is 6. The third-order valence-electron chi connectivity index (χ3n) is 4.66. The first-order chi connectivity index (χ1) is 13.7. The standard InChI is InChI=1S/C23H26ClFN2O2/c1-23(2,3)13-22(28)27(14-16-4-10-19(25)11-5-16)15-20-12-21(26-29-20)17-6-8-18(24)9-7-17/h4-11,20H,12-15H2,1-3H3. The van der Waals surface area contributed by atoms with Crippen LogP contribution in [0.3, 0.4) is 0 Å². The number of carbonyl (C=O) groups is 1. The molecule has 0 bridgehead atoms. The summed E-state index contributed by atoms with van der Waals surface area (Å²) in [6, 6.07) is 13.7. The fourth-order valence-corrected chi connectivity index (χ4v) is 3.34. The fourth-order valence-electron chi connectivity index (χ4n) is 3.22. The van der Waals surface area contributed by atoms with Gasteiger partial charge in [-0.25, -0.2) is 4.39 Å². The Kier molecular flexibility index (Phi) is 6.58. The van der Waals surface area contributed by atoms with Crippen molar-refractivity contribution in [2.24, 2.45) is 10.6 Å². The van der Waals surface area contributed by atoms with Crippen molar-refractivity contribution in [3.63, 3.8) is 0 Å². The fraction of sp³-hybridized carbons (Fsp3) is 0.391. The van der Waals surface area contributed by atoms with Crippen LogP contribution < -0.4 is 0 Å². The van der Waals surface area contributed by atoms with E-state index in [0.717, 1.165) is 16.8 Å². The van der Waals surface area contributed by atoms with Crippen molar-refractivity contribution in [3.05, 3.63) is 70.5 Å². The van der Waals surface area contributed by atoms with Gasteiger partial charge in [0.05, 0.1) is 12.3 Å². The Morgan fingerprint density at radius 1 is 1.17 bits per heavy atom. The van der Waals surface area contributed by atoms with Crippen LogP contribution in [0.4, 0.5) is 4.39 Å². The number of oxime groups is 1. The molecule has 1 aliphatic heterocycles. The van der Waals surface area contributed by atoms with E-state index in [1.165, 1.54) is 12.1 Å². The smallest absolute Gasteiger partial charge is 0.223 e. The van der Waals surface area contributed by atoms with Crippen LogP contribution >= 0.6 is 11.6 Å². The Morgan fingerprint density at radius 2 is 1.83 bits per heavy atom. The lowest BCUT2D eigenvalue weighted by atomic mass is 9.91. The van der Waals surface area contributed by atoms with Crippen LogP contribution in [-0.2, 0) is 16.2 Å². The van der Waals surface area contributed by atoms with Gasteiger partial charge in [-0.3, -0.25) is 4.79 Å². The number of hydrogen-bond donors (Lipinski definition) is 0. The van der Waals surface area contributed by atoms with Crippen molar-refractivity contribution >= 4 is 23.2 Å². The molecule has 0 saturated carbocycles. The molecule has 0 N–H and O–H groups in total. The van der Waals surface area contributed by atoms with Crippen molar-refractivity contribution in [3.8, 4) is 0 Å². The first-order valence-corrected chi connectivity index (χ1v) is 10.1. The summed E-state index contributed by atoms with van der Waals surface area (Å²) in [7, 11) is 0. The lowest BCUT2D eigenvalue weighted by Crippen LogP contribution is -2.38. The Hall–Kier alpha value is -2.40. The van der Waals surface area contributed by atoms with Crippen molar-refractivity contribution in [2.75, 3.05) is 6.54 Å². The number of amides is 1. The molecule has 154 valence electrons. The zero-order chi connectivity index (χ0) is 21.0. The van der Waals surface area contributed by atoms with Crippen LogP contribution in [0.1, 0.15) is 44.7 Å². The molecule has 1 aliphatic rings. The maximum absolute atomic E-state index is 13.2. The van der Waals surface area contributed by atoms with E-state index in [1.807, 2.05) is 45.0 Å². The summed E-state index contributed by atoms with van der Waals surface area (Å²) >= 11 is 5.95. The summed E-state index contributed by atoms with van der Waals surface area (Å²) in [6.45, 7) is 6.94. The van der Waals surface area contributed by atoms with Crippen molar-refractivity contribution in [1.29, 1.82) is 0 Å². The molecule has 0 spiro atoms. The SMILES string of the molecule is CC(C)(C)CC(=O)N(Cc1ccc(F)cc1)CC1CC(c2ccc(Cl)cc2)=NO1. The molecular formula is C23H26ClFN2O2. The zero-order valence-corrected chi connectivity index (χ0v) is 17.7. The molecule has 0 aliphatic carbocycles. The van der Waals surface area contributed by atoms with Crippen LogP contribution in [0.25, 0.3) is 0 Å². The first kappa shape index (κ1) is 21.3. The van der Waals surface area contributed by atoms with Gasteiger partial charge >= 0.3 is 0 Å². The molecule has 2 aromatic carbocycles. The van der Waals surface area contributed by atoms with Crippen LogP contribution in [0.15, 0.2) is 53.7 Å². The van der Waals surface area contributed by atoms with Crippen LogP contribution in [0.2, 0.25) is 5.02 Å². The highest BCUT2D eigenvalue weighted by molar-refractivity contribution is 6.30. The summed E-state index contributed by atoms with van der Waals surface area (Å²) < 4.78 is 13.2. The average molecular weight is 417 g/mol. The normalized spacial score (nSPS) is 16.3. The molecular weight excluding hydrogens is 391 g/mol. The van der Waals surface area contributed by atoms with Gasteiger partial charge in [-0.05, 0) is 40.8 Å². The van der Waals surface area contributed by atoms with E-state index in [0.29, 0.717) is 31.0 Å². The molecule has 1 atom stereocenters. The Morgan fingerprint density at radius 3 is 2.45 bits per heavy atom. The lowest BCUT2D eigenvalue weighted by molar-refractivity contribution is -0.135. The van der Waals surface area contributed by atoms with Gasteiger partial charge in [0.2, 0.25) is 5.91 Å². The molecule has 0 fully saturated rings. The molecule has 29 heavy (non-hydrogen) atoms. The minimum absolute atomic E-state index is 0.0466. The molecule has 1 unspecified atom stereocenters. The summed E-state index contributed by atoms with van der Waals surface area (Å²) in [5.74, 6) is -0.244. The molecule has 3 rings (SSSR count). The van der Waals surface area contributed by atoms with E-state index in [4.69, 9.17) is 16.4 Å². The second-order valence-electron chi connectivity index (χ2n) is 8.61. The number of nitrogens with zero attached hydrogens (tertiary/aromatic N) is 2. The second kappa shape index (κ2) is 8.95. The van der Waals surface area contributed by atoms with Gasteiger partial charge in [0.1, 0.15) is 5.82 Å². The Labute approximate surface area is 176 Å². The maximum atomic E-state index is 13.2. The molecule has 0 saturated heterocycles. The van der Waals surface area contributed by atoms with E-state index in [-0.39, 0.29) is 23.2 Å². The van der Waals surface area contributed by atoms with Crippen LogP contribution in [0.5, 0.6) is 0 Å². The summed E-state index contributed by atoms with van der Waals surface area (Å²) in [5, 5.41) is 4.88. The minimum Gasteiger partial charge on any atom is -0.390 e. The monoisotopic (exact) mass is 416 g/mol. The number of halogens is 2. The van der Waals surface area contributed by atoms with Gasteiger partial charge in [-0.15, -0.1) is 0 Å². The topological polar surface area (TPSA) is 41.9 Å². The van der Waals surface area contributed by atoms with Crippen LogP contribution in [0, 0.1) is 11.2 Å². The zero-order valence-electron chi connectivity index (χ0n) is 17.0.